The highest BCUT2D eigenvalue weighted by Crippen LogP contribution is 2.55. The van der Waals surface area contributed by atoms with E-state index < -0.39 is 4.87 Å². The molecule has 6 nitrogen and oxygen atoms in total. The number of rotatable bonds is 6. The summed E-state index contributed by atoms with van der Waals surface area (Å²) in [6.07, 6.45) is 2.89. The van der Waals surface area contributed by atoms with Gasteiger partial charge in [-0.2, -0.15) is 0 Å². The average molecular weight is 484 g/mol. The van der Waals surface area contributed by atoms with Gasteiger partial charge < -0.3 is 15.0 Å². The molecule has 2 unspecified atom stereocenters. The number of ether oxygens (including phenoxy) is 1. The topological polar surface area (TPSA) is 74.4 Å². The predicted molar refractivity (Wildman–Crippen MR) is 138 cm³/mol. The van der Waals surface area contributed by atoms with Gasteiger partial charge in [0, 0.05) is 40.9 Å². The van der Waals surface area contributed by atoms with Gasteiger partial charge in [-0.1, -0.05) is 54.2 Å². The quantitative estimate of drug-likeness (QED) is 0.402. The molecule has 2 amide bonds. The number of hydrogen-bond acceptors (Lipinski definition) is 4. The number of aromatic amines is 1. The number of nitrogens with one attached hydrogen (secondary N) is 2. The number of carbonyl (C=O) groups excluding carboxylic acids is 2. The van der Waals surface area contributed by atoms with Gasteiger partial charge in [0.15, 0.2) is 4.87 Å². The van der Waals surface area contributed by atoms with Crippen molar-refractivity contribution in [2.24, 2.45) is 0 Å². The van der Waals surface area contributed by atoms with Crippen molar-refractivity contribution in [1.82, 2.24) is 10.3 Å². The molecule has 1 fully saturated rings. The van der Waals surface area contributed by atoms with Gasteiger partial charge in [0.1, 0.15) is 5.75 Å². The third-order valence-electron chi connectivity index (χ3n) is 7.01. The van der Waals surface area contributed by atoms with Crippen LogP contribution in [0.5, 0.6) is 5.75 Å². The molecule has 7 heteroatoms. The highest BCUT2D eigenvalue weighted by molar-refractivity contribution is 8.02. The van der Waals surface area contributed by atoms with Crippen LogP contribution in [0.15, 0.2) is 83.9 Å². The Hall–Kier alpha value is -3.71. The minimum absolute atomic E-state index is 0.000864. The number of thioether (sulfide) groups is 1. The maximum atomic E-state index is 13.8. The lowest BCUT2D eigenvalue weighted by Gasteiger charge is -2.30. The molecule has 2 atom stereocenters. The highest BCUT2D eigenvalue weighted by atomic mass is 32.2. The molecule has 0 aliphatic carbocycles. The fourth-order valence-corrected chi connectivity index (χ4v) is 6.69. The Morgan fingerprint density at radius 1 is 1.11 bits per heavy atom. The first-order chi connectivity index (χ1) is 17.1. The molecule has 35 heavy (non-hydrogen) atoms. The number of fused-ring (bicyclic) bond motifs is 4. The van der Waals surface area contributed by atoms with Gasteiger partial charge in [-0.3, -0.25) is 14.5 Å². The van der Waals surface area contributed by atoms with Crippen molar-refractivity contribution in [3.05, 3.63) is 90.1 Å². The lowest BCUT2D eigenvalue weighted by Crippen LogP contribution is -2.53. The highest BCUT2D eigenvalue weighted by Gasteiger charge is 2.57. The average Bonchev–Trinajstić information content (AvgIpc) is 3.57. The second-order valence-corrected chi connectivity index (χ2v) is 10.2. The van der Waals surface area contributed by atoms with E-state index >= 15 is 0 Å². The summed E-state index contributed by atoms with van der Waals surface area (Å²) in [6.45, 7) is 0.410. The Balaban J connectivity index is 1.32. The van der Waals surface area contributed by atoms with Crippen molar-refractivity contribution in [2.75, 3.05) is 18.6 Å². The van der Waals surface area contributed by atoms with Crippen LogP contribution < -0.4 is 15.0 Å². The second kappa shape index (κ2) is 8.50. The van der Waals surface area contributed by atoms with Crippen molar-refractivity contribution in [3.8, 4) is 5.75 Å². The molecule has 176 valence electrons. The second-order valence-electron chi connectivity index (χ2n) is 8.91. The van der Waals surface area contributed by atoms with Gasteiger partial charge in [-0.25, -0.2) is 0 Å². The van der Waals surface area contributed by atoms with Crippen LogP contribution in [0.3, 0.4) is 0 Å². The van der Waals surface area contributed by atoms with Gasteiger partial charge in [0.2, 0.25) is 5.91 Å². The maximum absolute atomic E-state index is 13.8. The van der Waals surface area contributed by atoms with Crippen LogP contribution in [0, 0.1) is 0 Å². The summed E-state index contributed by atoms with van der Waals surface area (Å²) in [5, 5.41) is 4.35. The number of para-hydroxylation sites is 2. The molecule has 0 bridgehead atoms. The van der Waals surface area contributed by atoms with Gasteiger partial charge in [0.25, 0.3) is 5.91 Å². The summed E-state index contributed by atoms with van der Waals surface area (Å²) >= 11 is 1.49. The molecule has 0 saturated carbocycles. The lowest BCUT2D eigenvalue weighted by molar-refractivity contribution is -0.124. The first kappa shape index (κ1) is 21.8. The third kappa shape index (κ3) is 3.49. The van der Waals surface area contributed by atoms with E-state index in [1.165, 1.54) is 11.8 Å². The van der Waals surface area contributed by atoms with Crippen molar-refractivity contribution in [1.29, 1.82) is 0 Å². The predicted octanol–water partition coefficient (Wildman–Crippen LogP) is 5.05. The molecule has 2 aliphatic rings. The zero-order valence-corrected chi connectivity index (χ0v) is 20.1. The molecular weight excluding hydrogens is 458 g/mol. The van der Waals surface area contributed by atoms with Crippen LogP contribution in [0.2, 0.25) is 0 Å². The summed E-state index contributed by atoms with van der Waals surface area (Å²) in [5.41, 5.74) is 4.08. The van der Waals surface area contributed by atoms with Crippen LogP contribution in [0.4, 0.5) is 5.69 Å². The fraction of sp³-hybridized carbons (Fsp3) is 0.214. The fourth-order valence-electron chi connectivity index (χ4n) is 5.26. The first-order valence-electron chi connectivity index (χ1n) is 11.7. The van der Waals surface area contributed by atoms with Gasteiger partial charge in [-0.15, -0.1) is 0 Å². The van der Waals surface area contributed by atoms with Crippen LogP contribution in [0.25, 0.3) is 10.9 Å². The summed E-state index contributed by atoms with van der Waals surface area (Å²) in [5.74, 6) is 0.593. The van der Waals surface area contributed by atoms with Crippen molar-refractivity contribution >= 4 is 40.2 Å². The number of hydrogen-bond donors (Lipinski definition) is 2. The zero-order chi connectivity index (χ0) is 24.0. The van der Waals surface area contributed by atoms with E-state index in [2.05, 4.69) is 22.4 Å². The number of nitrogens with zero attached hydrogens (tertiary/aromatic N) is 1. The van der Waals surface area contributed by atoms with E-state index in [1.807, 2.05) is 66.9 Å². The van der Waals surface area contributed by atoms with Crippen LogP contribution in [-0.4, -0.2) is 35.3 Å². The zero-order valence-electron chi connectivity index (χ0n) is 19.3. The van der Waals surface area contributed by atoms with Crippen LogP contribution in [0.1, 0.15) is 29.9 Å². The molecule has 3 aromatic carbocycles. The van der Waals surface area contributed by atoms with Gasteiger partial charge >= 0.3 is 0 Å². The molecule has 3 heterocycles. The smallest absolute Gasteiger partial charge is 0.257 e. The van der Waals surface area contributed by atoms with Gasteiger partial charge in [-0.05, 0) is 47.9 Å². The first-order valence-corrected chi connectivity index (χ1v) is 12.5. The molecule has 2 N–H and O–H groups in total. The van der Waals surface area contributed by atoms with Gasteiger partial charge in [0.05, 0.1) is 12.8 Å². The van der Waals surface area contributed by atoms with E-state index in [-0.39, 0.29) is 17.7 Å². The molecule has 2 aliphatic heterocycles. The Bertz CT molecular complexity index is 1430. The summed E-state index contributed by atoms with van der Waals surface area (Å²) < 4.78 is 5.35. The van der Waals surface area contributed by atoms with E-state index in [1.54, 1.807) is 12.0 Å². The number of H-pyrrole nitrogens is 1. The molecule has 0 spiro atoms. The third-order valence-corrected chi connectivity index (χ3v) is 8.48. The maximum Gasteiger partial charge on any atom is 0.257 e. The normalized spacial score (nSPS) is 19.5. The number of carbonyl (C=O) groups is 2. The van der Waals surface area contributed by atoms with E-state index in [0.29, 0.717) is 19.4 Å². The van der Waals surface area contributed by atoms with Crippen molar-refractivity contribution in [2.45, 2.75) is 28.5 Å². The Morgan fingerprint density at radius 2 is 1.89 bits per heavy atom. The minimum Gasteiger partial charge on any atom is -0.497 e. The number of aromatic nitrogens is 1. The minimum atomic E-state index is -0.925. The molecule has 1 saturated heterocycles. The molecular formula is C28H25N3O3S. The summed E-state index contributed by atoms with van der Waals surface area (Å²) in [7, 11) is 1.65. The largest absolute Gasteiger partial charge is 0.497 e. The summed E-state index contributed by atoms with van der Waals surface area (Å²) in [6, 6.07) is 23.9. The van der Waals surface area contributed by atoms with E-state index in [9.17, 15) is 9.59 Å². The summed E-state index contributed by atoms with van der Waals surface area (Å²) in [4.78, 5) is 31.7. The Kier molecular flexibility index (Phi) is 5.29. The van der Waals surface area contributed by atoms with Crippen LogP contribution in [-0.2, 0) is 9.59 Å². The Morgan fingerprint density at radius 3 is 2.71 bits per heavy atom. The Labute approximate surface area is 207 Å². The van der Waals surface area contributed by atoms with E-state index in [0.717, 1.165) is 38.4 Å². The molecule has 1 aromatic heterocycles. The SMILES string of the molecule is COc1ccc(C(CNC(=O)C23CCC(=O)N2c2ccccc2S3)c2c[nH]c3ccccc23)cc1. The lowest BCUT2D eigenvalue weighted by atomic mass is 9.90. The van der Waals surface area contributed by atoms with E-state index in [4.69, 9.17) is 4.74 Å². The van der Waals surface area contributed by atoms with Crippen molar-refractivity contribution < 1.29 is 14.3 Å². The van der Waals surface area contributed by atoms with Crippen LogP contribution >= 0.6 is 11.8 Å². The number of methoxy groups -OCH3 is 1. The number of anilines is 1. The van der Waals surface area contributed by atoms with Crippen molar-refractivity contribution in [3.63, 3.8) is 0 Å². The molecule has 4 aromatic rings. The standard InChI is InChI=1S/C28H25N3O3S/c1-34-19-12-10-18(11-13-19)21(22-17-29-23-7-3-2-6-20(22)23)16-30-27(33)28-15-14-26(32)31(28)24-8-4-5-9-25(24)35-28/h2-13,17,21,29H,14-16H2,1H3,(H,30,33). The monoisotopic (exact) mass is 483 g/mol. The molecule has 6 rings (SSSR count). The molecule has 0 radical (unpaired) electrons. The number of amides is 2. The number of benzene rings is 3.